The number of hydrogen-bond acceptors (Lipinski definition) is 3. The first-order valence-electron chi connectivity index (χ1n) is 5.26. The molecule has 0 aromatic carbocycles. The summed E-state index contributed by atoms with van der Waals surface area (Å²) in [4.78, 5) is 13.5. The minimum Gasteiger partial charge on any atom is -0.372 e. The van der Waals surface area contributed by atoms with Gasteiger partial charge in [0.2, 0.25) is 5.91 Å². The van der Waals surface area contributed by atoms with Crippen LogP contribution in [0.4, 0.5) is 0 Å². The van der Waals surface area contributed by atoms with Gasteiger partial charge in [-0.1, -0.05) is 0 Å². The molecule has 2 unspecified atom stereocenters. The van der Waals surface area contributed by atoms with Crippen LogP contribution in [0, 0.1) is 5.92 Å². The van der Waals surface area contributed by atoms with Crippen molar-refractivity contribution in [3.05, 3.63) is 0 Å². The summed E-state index contributed by atoms with van der Waals surface area (Å²) < 4.78 is 5.10. The molecule has 1 rings (SSSR count). The SMILES string of the molecule is CCOCC(=O)N1CC(CN)CC1C. The summed E-state index contributed by atoms with van der Waals surface area (Å²) in [5, 5.41) is 0. The Hall–Kier alpha value is -0.610. The average Bonchev–Trinajstić information content (AvgIpc) is 2.56. The van der Waals surface area contributed by atoms with Gasteiger partial charge >= 0.3 is 0 Å². The first-order chi connectivity index (χ1) is 6.69. The lowest BCUT2D eigenvalue weighted by molar-refractivity contribution is -0.136. The van der Waals surface area contributed by atoms with Gasteiger partial charge in [-0.2, -0.15) is 0 Å². The normalized spacial score (nSPS) is 26.9. The maximum absolute atomic E-state index is 11.6. The van der Waals surface area contributed by atoms with Crippen LogP contribution in [0.2, 0.25) is 0 Å². The van der Waals surface area contributed by atoms with Crippen LogP contribution in [0.25, 0.3) is 0 Å². The maximum atomic E-state index is 11.6. The standard InChI is InChI=1S/C10H20N2O2/c1-3-14-7-10(13)12-6-9(5-11)4-8(12)2/h8-9H,3-7,11H2,1-2H3. The molecular weight excluding hydrogens is 180 g/mol. The summed E-state index contributed by atoms with van der Waals surface area (Å²) in [7, 11) is 0. The Balaban J connectivity index is 2.40. The lowest BCUT2D eigenvalue weighted by Crippen LogP contribution is -2.37. The third kappa shape index (κ3) is 2.69. The van der Waals surface area contributed by atoms with Crippen molar-refractivity contribution in [3.8, 4) is 0 Å². The van der Waals surface area contributed by atoms with Gasteiger partial charge in [-0.05, 0) is 32.7 Å². The predicted molar refractivity (Wildman–Crippen MR) is 54.8 cm³/mol. The van der Waals surface area contributed by atoms with Gasteiger partial charge < -0.3 is 15.4 Å². The molecule has 82 valence electrons. The number of likely N-dealkylation sites (tertiary alicyclic amines) is 1. The largest absolute Gasteiger partial charge is 0.372 e. The lowest BCUT2D eigenvalue weighted by atomic mass is 10.1. The van der Waals surface area contributed by atoms with Gasteiger partial charge in [0.25, 0.3) is 0 Å². The van der Waals surface area contributed by atoms with E-state index in [0.29, 0.717) is 25.1 Å². The number of nitrogens with two attached hydrogens (primary N) is 1. The Morgan fingerprint density at radius 3 is 2.86 bits per heavy atom. The van der Waals surface area contributed by atoms with E-state index in [9.17, 15) is 4.79 Å². The predicted octanol–water partition coefficient (Wildman–Crippen LogP) is 0.219. The Labute approximate surface area is 85.4 Å². The van der Waals surface area contributed by atoms with Gasteiger partial charge in [0.15, 0.2) is 0 Å². The van der Waals surface area contributed by atoms with E-state index in [1.807, 2.05) is 11.8 Å². The van der Waals surface area contributed by atoms with Crippen LogP contribution in [0.15, 0.2) is 0 Å². The Bertz CT molecular complexity index is 197. The quantitative estimate of drug-likeness (QED) is 0.706. The summed E-state index contributed by atoms with van der Waals surface area (Å²) >= 11 is 0. The highest BCUT2D eigenvalue weighted by molar-refractivity contribution is 5.78. The summed E-state index contributed by atoms with van der Waals surface area (Å²) in [5.74, 6) is 0.561. The second-order valence-corrected chi connectivity index (χ2v) is 3.87. The molecule has 0 saturated carbocycles. The van der Waals surface area contributed by atoms with E-state index in [1.165, 1.54) is 0 Å². The fourth-order valence-corrected chi connectivity index (χ4v) is 1.93. The topological polar surface area (TPSA) is 55.6 Å². The zero-order chi connectivity index (χ0) is 10.6. The number of amides is 1. The van der Waals surface area contributed by atoms with E-state index >= 15 is 0 Å². The molecule has 1 aliphatic heterocycles. The van der Waals surface area contributed by atoms with Crippen LogP contribution in [0.1, 0.15) is 20.3 Å². The Morgan fingerprint density at radius 2 is 2.36 bits per heavy atom. The third-order valence-corrected chi connectivity index (χ3v) is 2.74. The van der Waals surface area contributed by atoms with Crippen LogP contribution in [-0.4, -0.2) is 43.2 Å². The molecule has 1 amide bonds. The first-order valence-corrected chi connectivity index (χ1v) is 5.26. The number of ether oxygens (including phenoxy) is 1. The molecule has 0 aliphatic carbocycles. The van der Waals surface area contributed by atoms with E-state index in [1.54, 1.807) is 0 Å². The number of carbonyl (C=O) groups is 1. The lowest BCUT2D eigenvalue weighted by Gasteiger charge is -2.21. The number of hydrogen-bond donors (Lipinski definition) is 1. The Kier molecular flexibility index (Phi) is 4.35. The van der Waals surface area contributed by atoms with Gasteiger partial charge in [-0.25, -0.2) is 0 Å². The highest BCUT2D eigenvalue weighted by atomic mass is 16.5. The Morgan fingerprint density at radius 1 is 1.64 bits per heavy atom. The highest BCUT2D eigenvalue weighted by Gasteiger charge is 2.31. The van der Waals surface area contributed by atoms with Crippen molar-refractivity contribution in [2.24, 2.45) is 11.7 Å². The summed E-state index contributed by atoms with van der Waals surface area (Å²) in [6.45, 7) is 6.22. The summed E-state index contributed by atoms with van der Waals surface area (Å²) in [6, 6.07) is 0.316. The molecule has 0 spiro atoms. The molecule has 4 nitrogen and oxygen atoms in total. The molecule has 1 heterocycles. The summed E-state index contributed by atoms with van der Waals surface area (Å²) in [6.07, 6.45) is 1.02. The molecule has 14 heavy (non-hydrogen) atoms. The molecule has 0 radical (unpaired) electrons. The molecule has 0 aromatic heterocycles. The van der Waals surface area contributed by atoms with Crippen molar-refractivity contribution in [2.45, 2.75) is 26.3 Å². The van der Waals surface area contributed by atoms with Crippen LogP contribution >= 0.6 is 0 Å². The van der Waals surface area contributed by atoms with Crippen molar-refractivity contribution in [2.75, 3.05) is 26.3 Å². The minimum atomic E-state index is 0.0929. The monoisotopic (exact) mass is 200 g/mol. The van der Waals surface area contributed by atoms with Crippen molar-refractivity contribution < 1.29 is 9.53 Å². The second-order valence-electron chi connectivity index (χ2n) is 3.87. The molecular formula is C10H20N2O2. The van der Waals surface area contributed by atoms with Crippen molar-refractivity contribution >= 4 is 5.91 Å². The molecule has 1 fully saturated rings. The summed E-state index contributed by atoms with van der Waals surface area (Å²) in [5.41, 5.74) is 5.59. The molecule has 1 saturated heterocycles. The van der Waals surface area contributed by atoms with Crippen LogP contribution < -0.4 is 5.73 Å². The van der Waals surface area contributed by atoms with Crippen molar-refractivity contribution in [1.29, 1.82) is 0 Å². The van der Waals surface area contributed by atoms with Crippen LogP contribution in [0.3, 0.4) is 0 Å². The number of rotatable bonds is 4. The van der Waals surface area contributed by atoms with E-state index in [2.05, 4.69) is 6.92 Å². The number of carbonyl (C=O) groups excluding carboxylic acids is 1. The van der Waals surface area contributed by atoms with Crippen LogP contribution in [-0.2, 0) is 9.53 Å². The second kappa shape index (κ2) is 5.32. The van der Waals surface area contributed by atoms with Gasteiger partial charge in [0, 0.05) is 19.2 Å². The van der Waals surface area contributed by atoms with Gasteiger partial charge in [-0.15, -0.1) is 0 Å². The molecule has 0 bridgehead atoms. The number of nitrogens with zero attached hydrogens (tertiary/aromatic N) is 1. The van der Waals surface area contributed by atoms with E-state index in [0.717, 1.165) is 13.0 Å². The molecule has 0 aromatic rings. The molecule has 4 heteroatoms. The highest BCUT2D eigenvalue weighted by Crippen LogP contribution is 2.21. The zero-order valence-electron chi connectivity index (χ0n) is 9.03. The van der Waals surface area contributed by atoms with Crippen molar-refractivity contribution in [1.82, 2.24) is 4.90 Å². The van der Waals surface area contributed by atoms with E-state index < -0.39 is 0 Å². The minimum absolute atomic E-state index is 0.0929. The van der Waals surface area contributed by atoms with E-state index in [-0.39, 0.29) is 12.5 Å². The van der Waals surface area contributed by atoms with Gasteiger partial charge in [0.05, 0.1) is 0 Å². The smallest absolute Gasteiger partial charge is 0.248 e. The zero-order valence-corrected chi connectivity index (χ0v) is 9.03. The van der Waals surface area contributed by atoms with Crippen LogP contribution in [0.5, 0.6) is 0 Å². The fraction of sp³-hybridized carbons (Fsp3) is 0.900. The fourth-order valence-electron chi connectivity index (χ4n) is 1.93. The molecule has 2 N–H and O–H groups in total. The van der Waals surface area contributed by atoms with Crippen molar-refractivity contribution in [3.63, 3.8) is 0 Å². The first kappa shape index (κ1) is 11.5. The third-order valence-electron chi connectivity index (χ3n) is 2.74. The molecule has 2 atom stereocenters. The van der Waals surface area contributed by atoms with Gasteiger partial charge in [-0.3, -0.25) is 4.79 Å². The maximum Gasteiger partial charge on any atom is 0.248 e. The van der Waals surface area contributed by atoms with E-state index in [4.69, 9.17) is 10.5 Å². The van der Waals surface area contributed by atoms with Gasteiger partial charge in [0.1, 0.15) is 6.61 Å². The molecule has 1 aliphatic rings. The average molecular weight is 200 g/mol.